The highest BCUT2D eigenvalue weighted by Gasteiger charge is 2.34. The standard InChI is InChI=1S/C11H15F2NO/c1-7(2)11(15,6-14)9-4-3-8(12)5-10(9)13/h3-5,7,15H,6,14H2,1-2H3. The Hall–Kier alpha value is -1.00. The zero-order chi connectivity index (χ0) is 11.6. The van der Waals surface area contributed by atoms with Crippen LogP contribution in [0.5, 0.6) is 0 Å². The molecule has 1 atom stereocenters. The molecule has 0 saturated carbocycles. The van der Waals surface area contributed by atoms with Crippen molar-refractivity contribution in [2.45, 2.75) is 19.4 Å². The molecule has 2 nitrogen and oxygen atoms in total. The van der Waals surface area contributed by atoms with Gasteiger partial charge in [-0.3, -0.25) is 0 Å². The predicted octanol–water partition coefficient (Wildman–Crippen LogP) is 1.77. The Bertz CT molecular complexity index is 354. The van der Waals surface area contributed by atoms with Crippen LogP contribution in [0.3, 0.4) is 0 Å². The number of benzene rings is 1. The van der Waals surface area contributed by atoms with Crippen LogP contribution in [0.15, 0.2) is 18.2 Å². The second-order valence-electron chi connectivity index (χ2n) is 3.91. The normalized spacial score (nSPS) is 15.4. The van der Waals surface area contributed by atoms with Crippen LogP contribution in [0.25, 0.3) is 0 Å². The molecule has 1 aromatic carbocycles. The summed E-state index contributed by atoms with van der Waals surface area (Å²) < 4.78 is 26.1. The fraction of sp³-hybridized carbons (Fsp3) is 0.455. The fourth-order valence-corrected chi connectivity index (χ4v) is 1.50. The van der Waals surface area contributed by atoms with E-state index in [2.05, 4.69) is 0 Å². The quantitative estimate of drug-likeness (QED) is 0.807. The Morgan fingerprint density at radius 3 is 2.40 bits per heavy atom. The molecule has 0 fully saturated rings. The highest BCUT2D eigenvalue weighted by atomic mass is 19.1. The van der Waals surface area contributed by atoms with Crippen LogP contribution >= 0.6 is 0 Å². The number of hydrogen-bond donors (Lipinski definition) is 2. The number of rotatable bonds is 3. The summed E-state index contributed by atoms with van der Waals surface area (Å²) in [6.45, 7) is 3.36. The Morgan fingerprint density at radius 1 is 1.40 bits per heavy atom. The number of hydrogen-bond acceptors (Lipinski definition) is 2. The van der Waals surface area contributed by atoms with Crippen molar-refractivity contribution in [1.29, 1.82) is 0 Å². The van der Waals surface area contributed by atoms with E-state index in [0.29, 0.717) is 0 Å². The van der Waals surface area contributed by atoms with Crippen molar-refractivity contribution < 1.29 is 13.9 Å². The summed E-state index contributed by atoms with van der Waals surface area (Å²) in [5, 5.41) is 10.2. The van der Waals surface area contributed by atoms with Gasteiger partial charge in [0.1, 0.15) is 17.2 Å². The summed E-state index contributed by atoms with van der Waals surface area (Å²) in [6, 6.07) is 3.09. The van der Waals surface area contributed by atoms with E-state index in [9.17, 15) is 13.9 Å². The van der Waals surface area contributed by atoms with E-state index in [1.54, 1.807) is 13.8 Å². The molecular formula is C11H15F2NO. The maximum atomic E-state index is 13.4. The highest BCUT2D eigenvalue weighted by Crippen LogP contribution is 2.30. The van der Waals surface area contributed by atoms with Crippen molar-refractivity contribution in [3.63, 3.8) is 0 Å². The molecule has 1 aromatic rings. The molecule has 15 heavy (non-hydrogen) atoms. The first-order chi connectivity index (χ1) is 6.91. The average molecular weight is 215 g/mol. The van der Waals surface area contributed by atoms with E-state index in [0.717, 1.165) is 12.1 Å². The lowest BCUT2D eigenvalue weighted by molar-refractivity contribution is -0.00440. The molecule has 0 spiro atoms. The summed E-state index contributed by atoms with van der Waals surface area (Å²) >= 11 is 0. The van der Waals surface area contributed by atoms with Gasteiger partial charge in [0.15, 0.2) is 0 Å². The van der Waals surface area contributed by atoms with Crippen LogP contribution in [-0.2, 0) is 5.60 Å². The lowest BCUT2D eigenvalue weighted by Crippen LogP contribution is -2.40. The van der Waals surface area contributed by atoms with Crippen LogP contribution < -0.4 is 5.73 Å². The molecule has 0 aliphatic rings. The summed E-state index contributed by atoms with van der Waals surface area (Å²) in [5.41, 5.74) is 4.03. The summed E-state index contributed by atoms with van der Waals surface area (Å²) in [6.07, 6.45) is 0. The first kappa shape index (κ1) is 12.1. The highest BCUT2D eigenvalue weighted by molar-refractivity contribution is 5.26. The second kappa shape index (κ2) is 4.24. The van der Waals surface area contributed by atoms with E-state index in [-0.39, 0.29) is 18.0 Å². The van der Waals surface area contributed by atoms with Gasteiger partial charge in [-0.15, -0.1) is 0 Å². The molecule has 0 heterocycles. The SMILES string of the molecule is CC(C)C(O)(CN)c1ccc(F)cc1F. The molecule has 0 aromatic heterocycles. The Labute approximate surface area is 87.7 Å². The minimum absolute atomic E-state index is 0.0430. The Balaban J connectivity index is 3.24. The van der Waals surface area contributed by atoms with E-state index >= 15 is 0 Å². The van der Waals surface area contributed by atoms with E-state index < -0.39 is 17.2 Å². The Kier molecular flexibility index (Phi) is 3.42. The zero-order valence-electron chi connectivity index (χ0n) is 8.80. The molecule has 0 bridgehead atoms. The smallest absolute Gasteiger partial charge is 0.132 e. The summed E-state index contributed by atoms with van der Waals surface area (Å²) in [5.74, 6) is -1.68. The minimum Gasteiger partial charge on any atom is -0.383 e. The maximum absolute atomic E-state index is 13.4. The van der Waals surface area contributed by atoms with Crippen molar-refractivity contribution >= 4 is 0 Å². The largest absolute Gasteiger partial charge is 0.383 e. The van der Waals surface area contributed by atoms with Gasteiger partial charge in [-0.25, -0.2) is 8.78 Å². The van der Waals surface area contributed by atoms with Crippen LogP contribution in [0.4, 0.5) is 8.78 Å². The number of halogens is 2. The molecule has 84 valence electrons. The van der Waals surface area contributed by atoms with Crippen LogP contribution in [0.1, 0.15) is 19.4 Å². The van der Waals surface area contributed by atoms with Crippen molar-refractivity contribution in [1.82, 2.24) is 0 Å². The van der Waals surface area contributed by atoms with Crippen molar-refractivity contribution in [2.24, 2.45) is 11.7 Å². The Morgan fingerprint density at radius 2 is 2.00 bits per heavy atom. The van der Waals surface area contributed by atoms with Gasteiger partial charge in [-0.05, 0) is 12.0 Å². The van der Waals surface area contributed by atoms with E-state index in [1.165, 1.54) is 6.07 Å². The van der Waals surface area contributed by atoms with Crippen LogP contribution in [0.2, 0.25) is 0 Å². The van der Waals surface area contributed by atoms with Gasteiger partial charge in [-0.2, -0.15) is 0 Å². The minimum atomic E-state index is -1.45. The number of nitrogens with two attached hydrogens (primary N) is 1. The van der Waals surface area contributed by atoms with Crippen molar-refractivity contribution in [3.8, 4) is 0 Å². The van der Waals surface area contributed by atoms with Gasteiger partial charge in [0.05, 0.1) is 0 Å². The molecule has 0 radical (unpaired) electrons. The molecule has 0 aliphatic carbocycles. The lowest BCUT2D eigenvalue weighted by Gasteiger charge is -2.31. The van der Waals surface area contributed by atoms with Crippen LogP contribution in [0, 0.1) is 17.6 Å². The summed E-state index contributed by atoms with van der Waals surface area (Å²) in [7, 11) is 0. The van der Waals surface area contributed by atoms with E-state index in [1.807, 2.05) is 0 Å². The molecule has 3 N–H and O–H groups in total. The van der Waals surface area contributed by atoms with Gasteiger partial charge in [0, 0.05) is 18.2 Å². The predicted molar refractivity (Wildman–Crippen MR) is 54.1 cm³/mol. The topological polar surface area (TPSA) is 46.2 Å². The van der Waals surface area contributed by atoms with Crippen molar-refractivity contribution in [2.75, 3.05) is 6.54 Å². The fourth-order valence-electron chi connectivity index (χ4n) is 1.50. The maximum Gasteiger partial charge on any atom is 0.132 e. The molecule has 0 amide bonds. The molecular weight excluding hydrogens is 200 g/mol. The summed E-state index contributed by atoms with van der Waals surface area (Å²) in [4.78, 5) is 0. The third-order valence-corrected chi connectivity index (χ3v) is 2.66. The third-order valence-electron chi connectivity index (χ3n) is 2.66. The van der Waals surface area contributed by atoms with E-state index in [4.69, 9.17) is 5.73 Å². The molecule has 0 saturated heterocycles. The van der Waals surface area contributed by atoms with Crippen LogP contribution in [-0.4, -0.2) is 11.7 Å². The van der Waals surface area contributed by atoms with Gasteiger partial charge in [0.2, 0.25) is 0 Å². The first-order valence-electron chi connectivity index (χ1n) is 4.79. The monoisotopic (exact) mass is 215 g/mol. The van der Waals surface area contributed by atoms with Gasteiger partial charge in [0.25, 0.3) is 0 Å². The number of aliphatic hydroxyl groups is 1. The lowest BCUT2D eigenvalue weighted by atomic mass is 9.83. The van der Waals surface area contributed by atoms with Gasteiger partial charge < -0.3 is 10.8 Å². The molecule has 4 heteroatoms. The third kappa shape index (κ3) is 2.16. The average Bonchev–Trinajstić information content (AvgIpc) is 2.16. The molecule has 1 unspecified atom stereocenters. The second-order valence-corrected chi connectivity index (χ2v) is 3.91. The van der Waals surface area contributed by atoms with Gasteiger partial charge in [-0.1, -0.05) is 19.9 Å². The zero-order valence-corrected chi connectivity index (χ0v) is 8.80. The molecule has 0 aliphatic heterocycles. The van der Waals surface area contributed by atoms with Gasteiger partial charge >= 0.3 is 0 Å². The first-order valence-corrected chi connectivity index (χ1v) is 4.79. The van der Waals surface area contributed by atoms with Crippen molar-refractivity contribution in [3.05, 3.63) is 35.4 Å². The molecule has 1 rings (SSSR count).